The van der Waals surface area contributed by atoms with Crippen molar-refractivity contribution >= 4 is 84.5 Å². The molecule has 23 heteroatoms. The Morgan fingerprint density at radius 2 is 0.758 bits per heavy atom. The summed E-state index contributed by atoms with van der Waals surface area (Å²) in [5.74, 6) is 0.106. The second-order valence-corrected chi connectivity index (χ2v) is 51.7. The molecule has 362 valence electrons. The van der Waals surface area contributed by atoms with Crippen LogP contribution in [-0.2, 0) is 58.9 Å². The first-order valence-corrected chi connectivity index (χ1v) is 42.9. The normalized spacial score (nSPS) is 36.7. The van der Waals surface area contributed by atoms with Gasteiger partial charge in [0.2, 0.25) is 0 Å². The SMILES string of the molecule is C=C(C)C(=O)OCCC[Si]1(C)O[Si]2(CC(C)C)O[Si]3(CC(C)C)O[Si](CC(C)C)(O[Si](C)(C)C)O[Si]4(CC(C)C)O[Si](CC(C)C)(O1)O[Si](CC(C)C)(O2)O[Si](CC(C)C)(O3)O4. The first kappa shape index (κ1) is 55.3. The van der Waals surface area contributed by atoms with E-state index in [1.165, 1.54) is 0 Å². The van der Waals surface area contributed by atoms with Crippen LogP contribution in [0.5, 0.6) is 0 Å². The number of rotatable bonds is 21. The van der Waals surface area contributed by atoms with Crippen molar-refractivity contribution in [2.45, 2.75) is 185 Å². The highest BCUT2D eigenvalue weighted by Crippen LogP contribution is 2.53. The van der Waals surface area contributed by atoms with Crippen LogP contribution in [0.25, 0.3) is 0 Å². The molecule has 0 radical (unpaired) electrons. The second-order valence-electron chi connectivity index (χ2n) is 22.5. The molecule has 0 aromatic heterocycles. The van der Waals surface area contributed by atoms with Crippen LogP contribution in [0.3, 0.4) is 0 Å². The Labute approximate surface area is 386 Å². The van der Waals surface area contributed by atoms with Crippen LogP contribution in [0.1, 0.15) is 110 Å². The average Bonchev–Trinajstić information content (AvgIpc) is 2.96. The maximum absolute atomic E-state index is 12.6. The zero-order valence-electron chi connectivity index (χ0n) is 42.0. The molecule has 4 unspecified atom stereocenters. The van der Waals surface area contributed by atoms with Gasteiger partial charge in [-0.25, -0.2) is 4.79 Å². The maximum Gasteiger partial charge on any atom is 0.479 e. The maximum atomic E-state index is 12.6. The Balaban J connectivity index is 2.24. The summed E-state index contributed by atoms with van der Waals surface area (Å²) >= 11 is 0. The van der Waals surface area contributed by atoms with E-state index in [1.807, 2.05) is 0 Å². The summed E-state index contributed by atoms with van der Waals surface area (Å²) in [4.78, 5) is 12.6. The summed E-state index contributed by atoms with van der Waals surface area (Å²) in [5, 5.41) is 0. The molecule has 0 aliphatic carbocycles. The first-order chi connectivity index (χ1) is 28.2. The molecular weight excluding hydrogens is 945 g/mol. The van der Waals surface area contributed by atoms with Gasteiger partial charge in [0.1, 0.15) is 0 Å². The lowest BCUT2D eigenvalue weighted by molar-refractivity contribution is -0.139. The monoisotopic (exact) mass is 1030 g/mol. The fraction of sp³-hybridized carbons (Fsp3) is 0.923. The smallest absolute Gasteiger partial charge is 0.462 e. The summed E-state index contributed by atoms with van der Waals surface area (Å²) in [6.45, 7) is 44.4. The van der Waals surface area contributed by atoms with E-state index in [4.69, 9.17) is 54.1 Å². The van der Waals surface area contributed by atoms with Crippen LogP contribution in [0.2, 0.25) is 74.5 Å². The van der Waals surface area contributed by atoms with Crippen LogP contribution < -0.4 is 0 Å². The minimum Gasteiger partial charge on any atom is -0.462 e. The Bertz CT molecular complexity index is 1480. The summed E-state index contributed by atoms with van der Waals surface area (Å²) in [5.41, 5.74) is 0.345. The van der Waals surface area contributed by atoms with Crippen LogP contribution in [0.15, 0.2) is 12.2 Å². The number of hydrogen-bond donors (Lipinski definition) is 0. The molecule has 14 nitrogen and oxygen atoms in total. The highest BCUT2D eigenvalue weighted by atomic mass is 28.6. The molecule has 0 aromatic carbocycles. The molecule has 4 aliphatic rings. The fourth-order valence-corrected chi connectivity index (χ4v) is 62.4. The van der Waals surface area contributed by atoms with Crippen molar-refractivity contribution < 1.29 is 58.9 Å². The molecule has 4 rings (SSSR count). The van der Waals surface area contributed by atoms with Crippen molar-refractivity contribution in [3.05, 3.63) is 12.2 Å². The van der Waals surface area contributed by atoms with E-state index in [2.05, 4.69) is 130 Å². The predicted octanol–water partition coefficient (Wildman–Crippen LogP) is 10.8. The van der Waals surface area contributed by atoms with Crippen molar-refractivity contribution in [2.75, 3.05) is 6.61 Å². The zero-order chi connectivity index (χ0) is 47.0. The molecule has 4 aliphatic heterocycles. The standard InChI is InChI=1S/C39H86O14Si9/c1-31(2)24-56(42-54(17,18)19)45-59(27-34(7)8)47-57(25-32(3)4)43-55(20,23-21-22-41-39(40)38(15)16)44-58(26-33(5)6)48-60(46-56,28-35(9)10)52-62(51-59,30-37(13)14)53-61(49-57,50-58)29-36(11)12/h31-37H,15,21-30H2,1-14,16-20H3. The predicted molar refractivity (Wildman–Crippen MR) is 261 cm³/mol. The Hall–Kier alpha value is 0.682. The van der Waals surface area contributed by atoms with Crippen molar-refractivity contribution in [1.82, 2.24) is 0 Å². The molecule has 62 heavy (non-hydrogen) atoms. The van der Waals surface area contributed by atoms with Gasteiger partial charge >= 0.3 is 76.2 Å². The molecule has 0 saturated carbocycles. The third kappa shape index (κ3) is 15.1. The van der Waals surface area contributed by atoms with Crippen LogP contribution in [-0.4, -0.2) is 91.1 Å². The molecule has 4 fully saturated rings. The molecule has 0 aromatic rings. The van der Waals surface area contributed by atoms with E-state index >= 15 is 0 Å². The van der Waals surface area contributed by atoms with Gasteiger partial charge in [-0.1, -0.05) is 104 Å². The van der Waals surface area contributed by atoms with E-state index < -0.39 is 84.5 Å². The summed E-state index contributed by atoms with van der Waals surface area (Å²) in [6.07, 6.45) is 0.465. The van der Waals surface area contributed by atoms with Crippen molar-refractivity contribution in [3.63, 3.8) is 0 Å². The van der Waals surface area contributed by atoms with Gasteiger partial charge in [0.05, 0.1) is 6.61 Å². The van der Waals surface area contributed by atoms with Gasteiger partial charge in [-0.15, -0.1) is 0 Å². The van der Waals surface area contributed by atoms with Gasteiger partial charge in [0.15, 0.2) is 8.32 Å². The van der Waals surface area contributed by atoms with E-state index in [1.54, 1.807) is 6.92 Å². The highest BCUT2D eigenvalue weighted by molar-refractivity contribution is 7.02. The summed E-state index contributed by atoms with van der Waals surface area (Å²) < 4.78 is 100. The third-order valence-corrected chi connectivity index (χ3v) is 52.5. The molecule has 4 saturated heterocycles. The number of carbonyl (C=O) groups is 1. The van der Waals surface area contributed by atoms with Gasteiger partial charge in [-0.3, -0.25) is 0 Å². The Morgan fingerprint density at radius 1 is 0.484 bits per heavy atom. The topological polar surface area (TPSA) is 137 Å². The summed E-state index contributed by atoms with van der Waals surface area (Å²) in [6, 6.07) is 3.56. The van der Waals surface area contributed by atoms with Crippen LogP contribution >= 0.6 is 0 Å². The van der Waals surface area contributed by atoms with E-state index in [-0.39, 0.29) is 48.0 Å². The van der Waals surface area contributed by atoms with Gasteiger partial charge < -0.3 is 54.1 Å². The van der Waals surface area contributed by atoms with Crippen molar-refractivity contribution in [2.24, 2.45) is 41.4 Å². The van der Waals surface area contributed by atoms with E-state index in [0.717, 1.165) is 0 Å². The largest absolute Gasteiger partial charge is 0.479 e. The van der Waals surface area contributed by atoms with E-state index in [0.29, 0.717) is 60.3 Å². The number of ether oxygens (including phenoxy) is 1. The molecular formula is C39H86O14Si9. The lowest BCUT2D eigenvalue weighted by atomic mass is 10.3. The van der Waals surface area contributed by atoms with Gasteiger partial charge in [0.25, 0.3) is 0 Å². The lowest BCUT2D eigenvalue weighted by Gasteiger charge is -2.61. The van der Waals surface area contributed by atoms with Crippen molar-refractivity contribution in [3.8, 4) is 0 Å². The number of hydrogen-bond acceptors (Lipinski definition) is 14. The lowest BCUT2D eigenvalue weighted by Crippen LogP contribution is -2.85. The number of fused-ring (bicyclic) bond motifs is 4. The van der Waals surface area contributed by atoms with Gasteiger partial charge in [-0.2, -0.15) is 0 Å². The van der Waals surface area contributed by atoms with Gasteiger partial charge in [-0.05, 0) is 87.0 Å². The quantitative estimate of drug-likeness (QED) is 0.0467. The third-order valence-electron chi connectivity index (χ3n) is 9.97. The summed E-state index contributed by atoms with van der Waals surface area (Å²) in [7, 11) is -34.2. The number of carbonyl (C=O) groups excluding carboxylic acids is 1. The fourth-order valence-electron chi connectivity index (χ4n) is 8.87. The van der Waals surface area contributed by atoms with E-state index in [9.17, 15) is 4.79 Å². The Kier molecular flexibility index (Phi) is 18.5. The van der Waals surface area contributed by atoms with Crippen LogP contribution in [0, 0.1) is 41.4 Å². The highest BCUT2D eigenvalue weighted by Gasteiger charge is 2.80. The van der Waals surface area contributed by atoms with Crippen molar-refractivity contribution in [1.29, 1.82) is 0 Å². The molecule has 4 heterocycles. The minimum atomic E-state index is -4.10. The van der Waals surface area contributed by atoms with Crippen LogP contribution in [0.4, 0.5) is 0 Å². The number of esters is 1. The first-order valence-electron chi connectivity index (χ1n) is 23.5. The Morgan fingerprint density at radius 3 is 1.02 bits per heavy atom. The molecule has 0 N–H and O–H groups in total. The second kappa shape index (κ2) is 20.7. The molecule has 6 bridgehead atoms. The molecule has 0 amide bonds. The molecule has 0 spiro atoms. The molecule has 4 atom stereocenters. The van der Waals surface area contributed by atoms with Gasteiger partial charge in [0, 0.05) is 47.9 Å². The zero-order valence-corrected chi connectivity index (χ0v) is 51.0. The average molecular weight is 1030 g/mol. The minimum absolute atomic E-state index is 0.0623.